The Balaban J connectivity index is 1.48. The molecule has 2 saturated heterocycles. The third-order valence-corrected chi connectivity index (χ3v) is 6.27. The first-order chi connectivity index (χ1) is 9.69. The fraction of sp³-hybridized carbons (Fsp3) is 0.938. The van der Waals surface area contributed by atoms with Gasteiger partial charge in [0.15, 0.2) is 0 Å². The lowest BCUT2D eigenvalue weighted by Crippen LogP contribution is -2.47. The molecule has 4 heteroatoms. The van der Waals surface area contributed by atoms with Crippen LogP contribution < -0.4 is 5.73 Å². The predicted octanol–water partition coefficient (Wildman–Crippen LogP) is 1.51. The van der Waals surface area contributed by atoms with Gasteiger partial charge in [-0.25, -0.2) is 0 Å². The van der Waals surface area contributed by atoms with Crippen LogP contribution in [0.3, 0.4) is 0 Å². The largest absolute Gasteiger partial charge is 0.378 e. The van der Waals surface area contributed by atoms with Crippen LogP contribution in [0.4, 0.5) is 0 Å². The maximum atomic E-state index is 13.0. The maximum Gasteiger partial charge on any atom is 0.141 e. The number of ketones is 1. The van der Waals surface area contributed by atoms with Gasteiger partial charge in [-0.15, -0.1) is 0 Å². The Morgan fingerprint density at radius 1 is 1.15 bits per heavy atom. The molecule has 4 fully saturated rings. The highest BCUT2D eigenvalue weighted by molar-refractivity contribution is 5.85. The van der Waals surface area contributed by atoms with Crippen molar-refractivity contribution in [3.8, 4) is 0 Å². The van der Waals surface area contributed by atoms with Crippen molar-refractivity contribution in [2.24, 2.45) is 29.4 Å². The van der Waals surface area contributed by atoms with Crippen molar-refractivity contribution in [3.63, 3.8) is 0 Å². The van der Waals surface area contributed by atoms with E-state index in [1.807, 2.05) is 0 Å². The molecular formula is C16H25NO3. The molecule has 2 heterocycles. The monoisotopic (exact) mass is 279 g/mol. The van der Waals surface area contributed by atoms with Crippen molar-refractivity contribution in [1.82, 2.24) is 0 Å². The van der Waals surface area contributed by atoms with Gasteiger partial charge in [-0.3, -0.25) is 4.79 Å². The van der Waals surface area contributed by atoms with Gasteiger partial charge in [0.05, 0.1) is 12.2 Å². The highest BCUT2D eigenvalue weighted by atomic mass is 16.6. The number of rotatable bonds is 2. The molecule has 0 aromatic heterocycles. The third-order valence-electron chi connectivity index (χ3n) is 6.27. The van der Waals surface area contributed by atoms with Crippen LogP contribution in [0.2, 0.25) is 0 Å². The molecule has 4 aliphatic rings. The summed E-state index contributed by atoms with van der Waals surface area (Å²) >= 11 is 0. The van der Waals surface area contributed by atoms with Crippen LogP contribution in [0.1, 0.15) is 38.5 Å². The topological polar surface area (TPSA) is 61.6 Å². The molecule has 6 atom stereocenters. The van der Waals surface area contributed by atoms with Gasteiger partial charge >= 0.3 is 0 Å². The average molecular weight is 279 g/mol. The zero-order chi connectivity index (χ0) is 13.7. The first-order valence-corrected chi connectivity index (χ1v) is 8.20. The van der Waals surface area contributed by atoms with Crippen molar-refractivity contribution >= 4 is 5.78 Å². The maximum absolute atomic E-state index is 13.0. The van der Waals surface area contributed by atoms with Gasteiger partial charge in [-0.1, -0.05) is 0 Å². The van der Waals surface area contributed by atoms with Gasteiger partial charge in [0.1, 0.15) is 5.78 Å². The Labute approximate surface area is 120 Å². The number of hydrogen-bond acceptors (Lipinski definition) is 4. The number of ether oxygens (including phenoxy) is 2. The zero-order valence-electron chi connectivity index (χ0n) is 12.1. The molecular weight excluding hydrogens is 254 g/mol. The molecule has 20 heavy (non-hydrogen) atoms. The minimum atomic E-state index is -0.166. The molecule has 0 aromatic carbocycles. The van der Waals surface area contributed by atoms with Gasteiger partial charge in [-0.05, 0) is 43.9 Å². The van der Waals surface area contributed by atoms with E-state index in [1.165, 1.54) is 19.3 Å². The zero-order valence-corrected chi connectivity index (χ0v) is 12.1. The summed E-state index contributed by atoms with van der Waals surface area (Å²) in [6, 6.07) is 0.125. The predicted molar refractivity (Wildman–Crippen MR) is 74.1 cm³/mol. The normalized spacial score (nSPS) is 51.0. The number of fused-ring (bicyclic) bond motifs is 2. The fourth-order valence-corrected chi connectivity index (χ4v) is 5.16. The first-order valence-electron chi connectivity index (χ1n) is 8.20. The quantitative estimate of drug-likeness (QED) is 0.832. The lowest BCUT2D eigenvalue weighted by atomic mass is 9.73. The summed E-state index contributed by atoms with van der Waals surface area (Å²) in [6.45, 7) is 2.14. The fourth-order valence-electron chi connectivity index (χ4n) is 5.16. The molecule has 0 radical (unpaired) electrons. The average Bonchev–Trinajstić information content (AvgIpc) is 3.15. The number of nitrogens with two attached hydrogens (primary N) is 1. The molecule has 1 spiro atoms. The molecule has 2 N–H and O–H groups in total. The summed E-state index contributed by atoms with van der Waals surface area (Å²) in [7, 11) is 0. The summed E-state index contributed by atoms with van der Waals surface area (Å²) in [5.41, 5.74) is 6.17. The second-order valence-corrected chi connectivity index (χ2v) is 7.36. The van der Waals surface area contributed by atoms with E-state index in [0.717, 1.165) is 25.9 Å². The Hall–Kier alpha value is -0.450. The van der Waals surface area contributed by atoms with Crippen LogP contribution in [0, 0.1) is 23.7 Å². The Morgan fingerprint density at radius 3 is 2.70 bits per heavy atom. The molecule has 112 valence electrons. The van der Waals surface area contributed by atoms with E-state index in [0.29, 0.717) is 30.8 Å². The second kappa shape index (κ2) is 4.79. The molecule has 0 amide bonds. The molecule has 2 aliphatic heterocycles. The van der Waals surface area contributed by atoms with E-state index in [2.05, 4.69) is 0 Å². The Morgan fingerprint density at radius 2 is 2.00 bits per heavy atom. The summed E-state index contributed by atoms with van der Waals surface area (Å²) in [6.07, 6.45) is 6.32. The first kappa shape index (κ1) is 13.2. The van der Waals surface area contributed by atoms with Gasteiger partial charge in [0, 0.05) is 37.5 Å². The minimum absolute atomic E-state index is 0.125. The molecule has 6 unspecified atom stereocenters. The van der Waals surface area contributed by atoms with Crippen LogP contribution in [-0.2, 0) is 14.3 Å². The van der Waals surface area contributed by atoms with Crippen LogP contribution in [0.5, 0.6) is 0 Å². The summed E-state index contributed by atoms with van der Waals surface area (Å²) in [5.74, 6) is 1.91. The van der Waals surface area contributed by atoms with Crippen LogP contribution >= 0.6 is 0 Å². The highest BCUT2D eigenvalue weighted by Crippen LogP contribution is 2.50. The van der Waals surface area contributed by atoms with E-state index in [9.17, 15) is 4.79 Å². The van der Waals surface area contributed by atoms with E-state index < -0.39 is 0 Å². The lowest BCUT2D eigenvalue weighted by Gasteiger charge is -2.39. The molecule has 2 saturated carbocycles. The summed E-state index contributed by atoms with van der Waals surface area (Å²) < 4.78 is 11.5. The summed E-state index contributed by atoms with van der Waals surface area (Å²) in [4.78, 5) is 13.0. The Bertz CT molecular complexity index is 403. The van der Waals surface area contributed by atoms with E-state index in [4.69, 9.17) is 15.2 Å². The van der Waals surface area contributed by atoms with E-state index >= 15 is 0 Å². The van der Waals surface area contributed by atoms with Crippen molar-refractivity contribution in [2.75, 3.05) is 19.8 Å². The van der Waals surface area contributed by atoms with Crippen molar-refractivity contribution in [2.45, 2.75) is 50.2 Å². The van der Waals surface area contributed by atoms with Gasteiger partial charge < -0.3 is 15.2 Å². The highest BCUT2D eigenvalue weighted by Gasteiger charge is 2.52. The van der Waals surface area contributed by atoms with E-state index in [-0.39, 0.29) is 23.5 Å². The standard InChI is InChI=1S/C16H25NO3/c17-14-11-2-1-10(7-11)13(14)15(18)12-3-5-20-16(8-12)4-6-19-9-16/h10-14H,1-9,17H2. The van der Waals surface area contributed by atoms with E-state index in [1.54, 1.807) is 0 Å². The molecule has 2 bridgehead atoms. The Kier molecular flexibility index (Phi) is 3.17. The third kappa shape index (κ3) is 1.96. The van der Waals surface area contributed by atoms with Crippen LogP contribution in [0.25, 0.3) is 0 Å². The van der Waals surface area contributed by atoms with Crippen molar-refractivity contribution < 1.29 is 14.3 Å². The summed E-state index contributed by atoms with van der Waals surface area (Å²) in [5, 5.41) is 0. The number of carbonyl (C=O) groups is 1. The number of hydrogen-bond donors (Lipinski definition) is 1. The lowest BCUT2D eigenvalue weighted by molar-refractivity contribution is -0.142. The van der Waals surface area contributed by atoms with Crippen molar-refractivity contribution in [3.05, 3.63) is 0 Å². The molecule has 4 nitrogen and oxygen atoms in total. The van der Waals surface area contributed by atoms with Crippen LogP contribution in [0.15, 0.2) is 0 Å². The smallest absolute Gasteiger partial charge is 0.141 e. The number of carbonyl (C=O) groups excluding carboxylic acids is 1. The van der Waals surface area contributed by atoms with Gasteiger partial charge in [0.25, 0.3) is 0 Å². The second-order valence-electron chi connectivity index (χ2n) is 7.36. The van der Waals surface area contributed by atoms with Gasteiger partial charge in [-0.2, -0.15) is 0 Å². The molecule has 4 rings (SSSR count). The molecule has 2 aliphatic carbocycles. The van der Waals surface area contributed by atoms with Crippen LogP contribution in [-0.4, -0.2) is 37.2 Å². The van der Waals surface area contributed by atoms with Gasteiger partial charge in [0.2, 0.25) is 0 Å². The number of Topliss-reactive ketones (excluding diaryl/α,β-unsaturated/α-hetero) is 1. The van der Waals surface area contributed by atoms with Crippen molar-refractivity contribution in [1.29, 1.82) is 0 Å². The minimum Gasteiger partial charge on any atom is -0.378 e. The molecule has 0 aromatic rings. The SMILES string of the molecule is NC1C2CCC(C2)C1C(=O)C1CCOC2(CCOC2)C1.